The highest BCUT2D eigenvalue weighted by atomic mass is 16.5. The molecule has 0 saturated carbocycles. The van der Waals surface area contributed by atoms with Crippen molar-refractivity contribution >= 4 is 17.4 Å². The molecule has 0 fully saturated rings. The second kappa shape index (κ2) is 11.0. The van der Waals surface area contributed by atoms with Crippen molar-refractivity contribution in [2.45, 2.75) is 19.8 Å². The molecule has 1 atom stereocenters. The summed E-state index contributed by atoms with van der Waals surface area (Å²) in [5, 5.41) is 6.17. The number of hydrogen-bond acceptors (Lipinski definition) is 7. The number of rotatable bonds is 9. The fourth-order valence-corrected chi connectivity index (χ4v) is 3.42. The molecule has 8 heteroatoms. The van der Waals surface area contributed by atoms with Gasteiger partial charge in [0, 0.05) is 48.6 Å². The van der Waals surface area contributed by atoms with E-state index < -0.39 is 0 Å². The Morgan fingerprint density at radius 2 is 1.59 bits per heavy atom. The standard InChI is InChI=1S/C26H26N6O2/c1-18(2)21(22-7-3-5-13-27-22)17-31-25(33)24-26(30-16-15-29-24)34-20-11-9-19(10-12-20)32-23-8-4-6-14-28-23/h3-16,18,21H,17H2,1-2H3,(H,28,32)(H,31,33). The Hall–Kier alpha value is -4.33. The Morgan fingerprint density at radius 3 is 2.26 bits per heavy atom. The molecule has 3 aromatic heterocycles. The Bertz CT molecular complexity index is 1200. The van der Waals surface area contributed by atoms with Crippen molar-refractivity contribution in [1.29, 1.82) is 0 Å². The van der Waals surface area contributed by atoms with Gasteiger partial charge in [-0.3, -0.25) is 9.78 Å². The van der Waals surface area contributed by atoms with E-state index in [2.05, 4.69) is 44.4 Å². The molecule has 4 rings (SSSR count). The molecule has 2 N–H and O–H groups in total. The lowest BCUT2D eigenvalue weighted by atomic mass is 9.92. The molecule has 1 aromatic carbocycles. The molecule has 0 aliphatic heterocycles. The molecule has 1 unspecified atom stereocenters. The van der Waals surface area contributed by atoms with Crippen LogP contribution in [0, 0.1) is 5.92 Å². The molecule has 0 spiro atoms. The van der Waals surface area contributed by atoms with Crippen molar-refractivity contribution in [3.05, 3.63) is 96.8 Å². The van der Waals surface area contributed by atoms with Gasteiger partial charge < -0.3 is 15.4 Å². The number of ether oxygens (including phenoxy) is 1. The highest BCUT2D eigenvalue weighted by Crippen LogP contribution is 2.25. The zero-order chi connectivity index (χ0) is 23.8. The number of amides is 1. The number of benzene rings is 1. The molecule has 0 bridgehead atoms. The molecule has 8 nitrogen and oxygen atoms in total. The predicted octanol–water partition coefficient (Wildman–Crippen LogP) is 4.97. The maximum Gasteiger partial charge on any atom is 0.275 e. The normalized spacial score (nSPS) is 11.6. The van der Waals surface area contributed by atoms with Crippen molar-refractivity contribution < 1.29 is 9.53 Å². The van der Waals surface area contributed by atoms with Gasteiger partial charge in [-0.05, 0) is 54.4 Å². The lowest BCUT2D eigenvalue weighted by Gasteiger charge is -2.20. The van der Waals surface area contributed by atoms with Crippen LogP contribution in [-0.4, -0.2) is 32.4 Å². The van der Waals surface area contributed by atoms with E-state index in [0.717, 1.165) is 17.2 Å². The minimum Gasteiger partial charge on any atom is -0.437 e. The van der Waals surface area contributed by atoms with Crippen LogP contribution in [0.25, 0.3) is 0 Å². The van der Waals surface area contributed by atoms with E-state index in [1.54, 1.807) is 24.5 Å². The van der Waals surface area contributed by atoms with Crippen LogP contribution in [0.15, 0.2) is 85.5 Å². The molecule has 34 heavy (non-hydrogen) atoms. The molecule has 172 valence electrons. The summed E-state index contributed by atoms with van der Waals surface area (Å²) in [4.78, 5) is 30.1. The van der Waals surface area contributed by atoms with Crippen molar-refractivity contribution in [3.8, 4) is 11.6 Å². The third-order valence-electron chi connectivity index (χ3n) is 5.24. The summed E-state index contributed by atoms with van der Waals surface area (Å²) in [7, 11) is 0. The van der Waals surface area contributed by atoms with Crippen LogP contribution in [0.1, 0.15) is 35.9 Å². The van der Waals surface area contributed by atoms with Gasteiger partial charge in [0.05, 0.1) is 0 Å². The van der Waals surface area contributed by atoms with Crippen LogP contribution in [0.5, 0.6) is 11.6 Å². The molecular weight excluding hydrogens is 428 g/mol. The number of aromatic nitrogens is 4. The van der Waals surface area contributed by atoms with Gasteiger partial charge in [0.2, 0.25) is 0 Å². The number of anilines is 2. The first-order valence-electron chi connectivity index (χ1n) is 11.1. The fourth-order valence-electron chi connectivity index (χ4n) is 3.42. The summed E-state index contributed by atoms with van der Waals surface area (Å²) in [5.74, 6) is 1.45. The Labute approximate surface area is 198 Å². The number of carbonyl (C=O) groups excluding carboxylic acids is 1. The Balaban J connectivity index is 1.42. The SMILES string of the molecule is CC(C)C(CNC(=O)c1nccnc1Oc1ccc(Nc2ccccn2)cc1)c1ccccn1. The van der Waals surface area contributed by atoms with Crippen LogP contribution in [-0.2, 0) is 0 Å². The predicted molar refractivity (Wildman–Crippen MR) is 130 cm³/mol. The third-order valence-corrected chi connectivity index (χ3v) is 5.24. The average molecular weight is 455 g/mol. The molecule has 0 radical (unpaired) electrons. The summed E-state index contributed by atoms with van der Waals surface area (Å²) >= 11 is 0. The van der Waals surface area contributed by atoms with E-state index in [1.165, 1.54) is 12.4 Å². The van der Waals surface area contributed by atoms with Crippen LogP contribution >= 0.6 is 0 Å². The average Bonchev–Trinajstić information content (AvgIpc) is 2.87. The molecule has 1 amide bonds. The summed E-state index contributed by atoms with van der Waals surface area (Å²) in [6.45, 7) is 4.64. The van der Waals surface area contributed by atoms with Gasteiger partial charge in [-0.15, -0.1) is 0 Å². The zero-order valence-electron chi connectivity index (χ0n) is 19.1. The molecule has 0 aliphatic carbocycles. The summed E-state index contributed by atoms with van der Waals surface area (Å²) in [5.41, 5.74) is 1.92. The monoisotopic (exact) mass is 454 g/mol. The van der Waals surface area contributed by atoms with Crippen LogP contribution in [0.2, 0.25) is 0 Å². The second-order valence-corrected chi connectivity index (χ2v) is 7.99. The van der Waals surface area contributed by atoms with Crippen LogP contribution in [0.3, 0.4) is 0 Å². The van der Waals surface area contributed by atoms with Gasteiger partial charge >= 0.3 is 0 Å². The number of carbonyl (C=O) groups is 1. The number of nitrogens with one attached hydrogen (secondary N) is 2. The second-order valence-electron chi connectivity index (χ2n) is 7.99. The summed E-state index contributed by atoms with van der Waals surface area (Å²) in [6, 6.07) is 18.8. The molecule has 4 aromatic rings. The number of hydrogen-bond donors (Lipinski definition) is 2. The quantitative estimate of drug-likeness (QED) is 0.368. The van der Waals surface area contributed by atoms with Crippen LogP contribution < -0.4 is 15.4 Å². The minimum absolute atomic E-state index is 0.0744. The molecular formula is C26H26N6O2. The van der Waals surface area contributed by atoms with E-state index in [0.29, 0.717) is 18.2 Å². The Kier molecular flexibility index (Phi) is 7.39. The van der Waals surface area contributed by atoms with Crippen molar-refractivity contribution in [2.24, 2.45) is 5.92 Å². The maximum absolute atomic E-state index is 12.9. The van der Waals surface area contributed by atoms with Gasteiger partial charge in [0.15, 0.2) is 5.69 Å². The van der Waals surface area contributed by atoms with E-state index in [9.17, 15) is 4.79 Å². The van der Waals surface area contributed by atoms with E-state index in [-0.39, 0.29) is 23.4 Å². The van der Waals surface area contributed by atoms with Gasteiger partial charge in [-0.2, -0.15) is 0 Å². The number of nitrogens with zero attached hydrogens (tertiary/aromatic N) is 4. The first-order chi connectivity index (χ1) is 16.6. The summed E-state index contributed by atoms with van der Waals surface area (Å²) in [6.07, 6.45) is 6.45. The van der Waals surface area contributed by atoms with E-state index in [4.69, 9.17) is 4.74 Å². The highest BCUT2D eigenvalue weighted by Gasteiger charge is 2.21. The van der Waals surface area contributed by atoms with Gasteiger partial charge in [-0.1, -0.05) is 26.0 Å². The maximum atomic E-state index is 12.9. The zero-order valence-corrected chi connectivity index (χ0v) is 19.1. The van der Waals surface area contributed by atoms with Gasteiger partial charge in [0.1, 0.15) is 11.6 Å². The van der Waals surface area contributed by atoms with E-state index in [1.807, 2.05) is 48.5 Å². The van der Waals surface area contributed by atoms with Crippen molar-refractivity contribution in [2.75, 3.05) is 11.9 Å². The lowest BCUT2D eigenvalue weighted by Crippen LogP contribution is -2.31. The van der Waals surface area contributed by atoms with E-state index >= 15 is 0 Å². The Morgan fingerprint density at radius 1 is 0.853 bits per heavy atom. The molecule has 0 aliphatic rings. The molecule has 3 heterocycles. The largest absolute Gasteiger partial charge is 0.437 e. The van der Waals surface area contributed by atoms with Crippen LogP contribution in [0.4, 0.5) is 11.5 Å². The van der Waals surface area contributed by atoms with Gasteiger partial charge in [-0.25, -0.2) is 15.0 Å². The first-order valence-corrected chi connectivity index (χ1v) is 11.1. The highest BCUT2D eigenvalue weighted by molar-refractivity contribution is 5.94. The first kappa shape index (κ1) is 22.8. The van der Waals surface area contributed by atoms with Gasteiger partial charge in [0.25, 0.3) is 11.8 Å². The molecule has 0 saturated heterocycles. The van der Waals surface area contributed by atoms with Crippen molar-refractivity contribution in [1.82, 2.24) is 25.3 Å². The number of pyridine rings is 2. The smallest absolute Gasteiger partial charge is 0.275 e. The minimum atomic E-state index is -0.349. The topological polar surface area (TPSA) is 102 Å². The fraction of sp³-hybridized carbons (Fsp3) is 0.192. The lowest BCUT2D eigenvalue weighted by molar-refractivity contribution is 0.0940. The summed E-state index contributed by atoms with van der Waals surface area (Å²) < 4.78 is 5.88. The third kappa shape index (κ3) is 5.92. The van der Waals surface area contributed by atoms with Crippen molar-refractivity contribution in [3.63, 3.8) is 0 Å².